The Morgan fingerprint density at radius 3 is 2.43 bits per heavy atom. The number of piperidine rings is 1. The molecule has 1 fully saturated rings. The molecule has 1 heterocycles. The Hall–Kier alpha value is -2.89. The van der Waals surface area contributed by atoms with Gasteiger partial charge in [-0.3, -0.25) is 4.79 Å². The second-order valence-electron chi connectivity index (χ2n) is 8.12. The highest BCUT2D eigenvalue weighted by Gasteiger charge is 2.35. The van der Waals surface area contributed by atoms with Crippen molar-refractivity contribution in [2.75, 3.05) is 13.1 Å². The molecule has 3 rings (SSSR count). The molecule has 3 amide bonds. The van der Waals surface area contributed by atoms with Gasteiger partial charge in [0.15, 0.2) is 0 Å². The van der Waals surface area contributed by atoms with E-state index < -0.39 is 0 Å². The predicted molar refractivity (Wildman–Crippen MR) is 115 cm³/mol. The topological polar surface area (TPSA) is 61.4 Å². The highest BCUT2D eigenvalue weighted by Crippen LogP contribution is 2.33. The van der Waals surface area contributed by atoms with Crippen LogP contribution in [0, 0.1) is 11.7 Å². The molecule has 1 aliphatic heterocycles. The van der Waals surface area contributed by atoms with Crippen LogP contribution in [0.4, 0.5) is 9.18 Å². The minimum Gasteiger partial charge on any atom is -0.355 e. The number of rotatable bonds is 6. The number of carbonyl (C=O) groups excluding carboxylic acids is 2. The first-order chi connectivity index (χ1) is 14.4. The van der Waals surface area contributed by atoms with Crippen molar-refractivity contribution in [3.8, 4) is 0 Å². The fourth-order valence-corrected chi connectivity index (χ4v) is 3.89. The number of likely N-dealkylation sites (tertiary alicyclic amines) is 1. The summed E-state index contributed by atoms with van der Waals surface area (Å²) in [6, 6.07) is 15.9. The molecule has 6 heteroatoms. The number of nitrogens with zero attached hydrogens (tertiary/aromatic N) is 1. The number of hydrogen-bond donors (Lipinski definition) is 2. The van der Waals surface area contributed by atoms with E-state index in [0.717, 1.165) is 12.0 Å². The Labute approximate surface area is 177 Å². The molecule has 2 aromatic carbocycles. The van der Waals surface area contributed by atoms with Gasteiger partial charge in [0.25, 0.3) is 0 Å². The van der Waals surface area contributed by atoms with E-state index in [2.05, 4.69) is 10.6 Å². The Bertz CT molecular complexity index is 839. The minimum atomic E-state index is -0.302. The van der Waals surface area contributed by atoms with E-state index in [1.165, 1.54) is 17.7 Å². The van der Waals surface area contributed by atoms with Crippen molar-refractivity contribution in [2.45, 2.75) is 45.2 Å². The van der Waals surface area contributed by atoms with Crippen molar-refractivity contribution >= 4 is 11.9 Å². The summed E-state index contributed by atoms with van der Waals surface area (Å²) < 4.78 is 13.3. The fourth-order valence-electron chi connectivity index (χ4n) is 3.89. The molecule has 160 valence electrons. The number of carbonyl (C=O) groups is 2. The average molecular weight is 412 g/mol. The third-order valence-corrected chi connectivity index (χ3v) is 5.44. The molecule has 2 aromatic rings. The maximum Gasteiger partial charge on any atom is 0.318 e. The van der Waals surface area contributed by atoms with Crippen LogP contribution in [0.5, 0.6) is 0 Å². The van der Waals surface area contributed by atoms with Gasteiger partial charge in [-0.1, -0.05) is 42.5 Å². The van der Waals surface area contributed by atoms with E-state index >= 15 is 0 Å². The Balaban J connectivity index is 1.64. The maximum absolute atomic E-state index is 13.3. The molecular formula is C24H30FN3O2. The zero-order valence-corrected chi connectivity index (χ0v) is 17.6. The lowest BCUT2D eigenvalue weighted by Gasteiger charge is -2.39. The van der Waals surface area contributed by atoms with Crippen molar-refractivity contribution in [1.29, 1.82) is 0 Å². The lowest BCUT2D eigenvalue weighted by atomic mass is 9.88. The van der Waals surface area contributed by atoms with Gasteiger partial charge < -0.3 is 15.5 Å². The molecule has 0 saturated carbocycles. The van der Waals surface area contributed by atoms with E-state index in [9.17, 15) is 14.0 Å². The summed E-state index contributed by atoms with van der Waals surface area (Å²) in [5.41, 5.74) is 2.06. The zero-order valence-electron chi connectivity index (χ0n) is 17.6. The lowest BCUT2D eigenvalue weighted by Crippen LogP contribution is -2.51. The standard InChI is InChI=1S/C24H30FN3O2/c1-17(2)27-24(30)28-16-20(10-13-22(28)19-8-11-21(25)12-9-19)23(29)26-15-14-18-6-4-3-5-7-18/h3-9,11-12,17,20,22H,10,13-16H2,1-2H3,(H,26,29)(H,27,30)/t20-,22-/m0/s1. The van der Waals surface area contributed by atoms with Crippen LogP contribution in [0.25, 0.3) is 0 Å². The molecule has 0 aliphatic carbocycles. The molecule has 0 radical (unpaired) electrons. The van der Waals surface area contributed by atoms with Gasteiger partial charge in [-0.15, -0.1) is 0 Å². The molecule has 0 aromatic heterocycles. The van der Waals surface area contributed by atoms with Crippen LogP contribution in [0.15, 0.2) is 54.6 Å². The van der Waals surface area contributed by atoms with Gasteiger partial charge in [-0.25, -0.2) is 9.18 Å². The van der Waals surface area contributed by atoms with E-state index in [4.69, 9.17) is 0 Å². The number of benzene rings is 2. The molecule has 0 unspecified atom stereocenters. The molecule has 1 aliphatic rings. The number of hydrogen-bond acceptors (Lipinski definition) is 2. The largest absolute Gasteiger partial charge is 0.355 e. The first-order valence-electron chi connectivity index (χ1n) is 10.6. The van der Waals surface area contributed by atoms with Crippen LogP contribution in [0.3, 0.4) is 0 Å². The number of amides is 3. The van der Waals surface area contributed by atoms with Crippen LogP contribution in [0.1, 0.15) is 43.9 Å². The molecule has 0 bridgehead atoms. The summed E-state index contributed by atoms with van der Waals surface area (Å²) in [5.74, 6) is -0.579. The van der Waals surface area contributed by atoms with E-state index in [1.54, 1.807) is 17.0 Å². The molecule has 2 N–H and O–H groups in total. The van der Waals surface area contributed by atoms with E-state index in [0.29, 0.717) is 25.9 Å². The molecule has 30 heavy (non-hydrogen) atoms. The molecule has 0 spiro atoms. The van der Waals surface area contributed by atoms with Crippen LogP contribution >= 0.6 is 0 Å². The van der Waals surface area contributed by atoms with Crippen molar-refractivity contribution < 1.29 is 14.0 Å². The van der Waals surface area contributed by atoms with Crippen LogP contribution < -0.4 is 10.6 Å². The predicted octanol–water partition coefficient (Wildman–Crippen LogP) is 4.06. The van der Waals surface area contributed by atoms with Gasteiger partial charge in [0.1, 0.15) is 5.82 Å². The highest BCUT2D eigenvalue weighted by molar-refractivity contribution is 5.81. The third kappa shape index (κ3) is 5.81. The molecule has 5 nitrogen and oxygen atoms in total. The normalized spacial score (nSPS) is 18.9. The quantitative estimate of drug-likeness (QED) is 0.753. The van der Waals surface area contributed by atoms with Crippen molar-refractivity contribution in [2.24, 2.45) is 5.92 Å². The van der Waals surface area contributed by atoms with Crippen LogP contribution in [-0.2, 0) is 11.2 Å². The molecule has 1 saturated heterocycles. The Morgan fingerprint density at radius 1 is 1.07 bits per heavy atom. The van der Waals surface area contributed by atoms with Gasteiger partial charge >= 0.3 is 6.03 Å². The van der Waals surface area contributed by atoms with Gasteiger partial charge in [-0.05, 0) is 56.4 Å². The second kappa shape index (κ2) is 10.2. The van der Waals surface area contributed by atoms with Crippen LogP contribution in [0.2, 0.25) is 0 Å². The second-order valence-corrected chi connectivity index (χ2v) is 8.12. The molecule has 2 atom stereocenters. The van der Waals surface area contributed by atoms with Crippen molar-refractivity contribution in [3.05, 3.63) is 71.5 Å². The first-order valence-corrected chi connectivity index (χ1v) is 10.6. The van der Waals surface area contributed by atoms with Crippen LogP contribution in [-0.4, -0.2) is 36.0 Å². The summed E-state index contributed by atoms with van der Waals surface area (Å²) in [6.07, 6.45) is 2.12. The number of urea groups is 1. The summed E-state index contributed by atoms with van der Waals surface area (Å²) in [7, 11) is 0. The fraction of sp³-hybridized carbons (Fsp3) is 0.417. The van der Waals surface area contributed by atoms with E-state index in [-0.39, 0.29) is 35.8 Å². The molecular weight excluding hydrogens is 381 g/mol. The summed E-state index contributed by atoms with van der Waals surface area (Å²) in [4.78, 5) is 27.3. The minimum absolute atomic E-state index is 0.00792. The zero-order chi connectivity index (χ0) is 21.5. The van der Waals surface area contributed by atoms with Gasteiger partial charge in [0.05, 0.1) is 12.0 Å². The smallest absolute Gasteiger partial charge is 0.318 e. The first kappa shape index (κ1) is 21.8. The van der Waals surface area contributed by atoms with E-state index in [1.807, 2.05) is 44.2 Å². The maximum atomic E-state index is 13.3. The third-order valence-electron chi connectivity index (χ3n) is 5.44. The SMILES string of the molecule is CC(C)NC(=O)N1C[C@@H](C(=O)NCCc2ccccc2)CC[C@H]1c1ccc(F)cc1. The van der Waals surface area contributed by atoms with Crippen molar-refractivity contribution in [3.63, 3.8) is 0 Å². The number of halogens is 1. The Morgan fingerprint density at radius 2 is 1.77 bits per heavy atom. The summed E-state index contributed by atoms with van der Waals surface area (Å²) in [5, 5.41) is 5.95. The van der Waals surface area contributed by atoms with Gasteiger partial charge in [0.2, 0.25) is 5.91 Å². The summed E-state index contributed by atoms with van der Waals surface area (Å²) >= 11 is 0. The highest BCUT2D eigenvalue weighted by atomic mass is 19.1. The average Bonchev–Trinajstić information content (AvgIpc) is 2.74. The van der Waals surface area contributed by atoms with Gasteiger partial charge in [0, 0.05) is 19.1 Å². The Kier molecular flexibility index (Phi) is 7.44. The van der Waals surface area contributed by atoms with Gasteiger partial charge in [-0.2, -0.15) is 0 Å². The monoisotopic (exact) mass is 411 g/mol. The summed E-state index contributed by atoms with van der Waals surface area (Å²) in [6.45, 7) is 4.72. The number of nitrogens with one attached hydrogen (secondary N) is 2. The lowest BCUT2D eigenvalue weighted by molar-refractivity contribution is -0.126. The van der Waals surface area contributed by atoms with Crippen molar-refractivity contribution in [1.82, 2.24) is 15.5 Å².